The van der Waals surface area contributed by atoms with Crippen molar-refractivity contribution in [1.29, 1.82) is 0 Å². The second kappa shape index (κ2) is 4.51. The highest BCUT2D eigenvalue weighted by Gasteiger charge is 2.22. The van der Waals surface area contributed by atoms with E-state index in [2.05, 4.69) is 10.6 Å². The van der Waals surface area contributed by atoms with Crippen LogP contribution in [0.5, 0.6) is 0 Å². The van der Waals surface area contributed by atoms with E-state index in [0.717, 1.165) is 18.4 Å². The molecule has 4 heteroatoms. The van der Waals surface area contributed by atoms with Crippen LogP contribution in [0.15, 0.2) is 18.2 Å². The number of para-hydroxylation sites is 1. The maximum atomic E-state index is 13.4. The average molecular weight is 222 g/mol. The maximum Gasteiger partial charge on any atom is 0.239 e. The van der Waals surface area contributed by atoms with Crippen LogP contribution in [0.2, 0.25) is 0 Å². The largest absolute Gasteiger partial charge is 0.374 e. The highest BCUT2D eigenvalue weighted by molar-refractivity contribution is 5.81. The third kappa shape index (κ3) is 2.72. The van der Waals surface area contributed by atoms with Crippen LogP contribution in [0, 0.1) is 12.7 Å². The number of halogens is 1. The molecule has 1 aliphatic carbocycles. The number of hydrogen-bond donors (Lipinski definition) is 2. The third-order valence-corrected chi connectivity index (χ3v) is 2.59. The van der Waals surface area contributed by atoms with Crippen molar-refractivity contribution in [3.05, 3.63) is 29.6 Å². The quantitative estimate of drug-likeness (QED) is 0.816. The first kappa shape index (κ1) is 10.9. The molecule has 1 aliphatic rings. The van der Waals surface area contributed by atoms with E-state index in [4.69, 9.17) is 0 Å². The Kier molecular flexibility index (Phi) is 3.08. The van der Waals surface area contributed by atoms with Gasteiger partial charge in [-0.2, -0.15) is 0 Å². The molecular weight excluding hydrogens is 207 g/mol. The van der Waals surface area contributed by atoms with Gasteiger partial charge in [-0.15, -0.1) is 0 Å². The lowest BCUT2D eigenvalue weighted by Crippen LogP contribution is -2.31. The van der Waals surface area contributed by atoms with E-state index in [1.165, 1.54) is 6.07 Å². The topological polar surface area (TPSA) is 41.1 Å². The summed E-state index contributed by atoms with van der Waals surface area (Å²) in [5.41, 5.74) is 1.22. The summed E-state index contributed by atoms with van der Waals surface area (Å²) < 4.78 is 13.4. The Morgan fingerprint density at radius 1 is 1.50 bits per heavy atom. The minimum atomic E-state index is -0.320. The van der Waals surface area contributed by atoms with Gasteiger partial charge < -0.3 is 10.6 Å². The van der Waals surface area contributed by atoms with Gasteiger partial charge >= 0.3 is 0 Å². The van der Waals surface area contributed by atoms with Gasteiger partial charge in [0.2, 0.25) is 5.91 Å². The highest BCUT2D eigenvalue weighted by Crippen LogP contribution is 2.19. The van der Waals surface area contributed by atoms with Gasteiger partial charge in [0.15, 0.2) is 0 Å². The predicted molar refractivity (Wildman–Crippen MR) is 60.8 cm³/mol. The smallest absolute Gasteiger partial charge is 0.239 e. The summed E-state index contributed by atoms with van der Waals surface area (Å²) >= 11 is 0. The van der Waals surface area contributed by atoms with Crippen LogP contribution in [0.1, 0.15) is 18.4 Å². The van der Waals surface area contributed by atoms with Crippen molar-refractivity contribution >= 4 is 11.6 Å². The Hall–Kier alpha value is -1.58. The van der Waals surface area contributed by atoms with Gasteiger partial charge in [0, 0.05) is 6.04 Å². The number of rotatable bonds is 4. The van der Waals surface area contributed by atoms with E-state index in [0.29, 0.717) is 11.7 Å². The summed E-state index contributed by atoms with van der Waals surface area (Å²) in [6.07, 6.45) is 2.12. The monoisotopic (exact) mass is 222 g/mol. The molecule has 1 amide bonds. The lowest BCUT2D eigenvalue weighted by atomic mass is 10.2. The zero-order chi connectivity index (χ0) is 11.5. The number of carbonyl (C=O) groups excluding carboxylic acids is 1. The van der Waals surface area contributed by atoms with Gasteiger partial charge in [-0.25, -0.2) is 4.39 Å². The Labute approximate surface area is 94.0 Å². The molecule has 0 heterocycles. The van der Waals surface area contributed by atoms with Gasteiger partial charge in [-0.3, -0.25) is 4.79 Å². The minimum Gasteiger partial charge on any atom is -0.374 e. The van der Waals surface area contributed by atoms with Crippen molar-refractivity contribution in [3.8, 4) is 0 Å². The van der Waals surface area contributed by atoms with Crippen molar-refractivity contribution in [2.24, 2.45) is 0 Å². The molecule has 2 N–H and O–H groups in total. The standard InChI is InChI=1S/C12H15FN2O/c1-8-3-2-4-10(13)12(8)14-7-11(16)15-9-5-6-9/h2-4,9,14H,5-7H2,1H3,(H,15,16). The summed E-state index contributed by atoms with van der Waals surface area (Å²) in [5.74, 6) is -0.399. The van der Waals surface area contributed by atoms with Crippen LogP contribution in [-0.4, -0.2) is 18.5 Å². The van der Waals surface area contributed by atoms with Gasteiger partial charge in [0.1, 0.15) is 5.82 Å². The fourth-order valence-electron chi connectivity index (χ4n) is 1.53. The lowest BCUT2D eigenvalue weighted by molar-refractivity contribution is -0.119. The van der Waals surface area contributed by atoms with Crippen molar-refractivity contribution in [2.45, 2.75) is 25.8 Å². The third-order valence-electron chi connectivity index (χ3n) is 2.59. The number of carbonyl (C=O) groups is 1. The molecule has 0 bridgehead atoms. The van der Waals surface area contributed by atoms with Crippen LogP contribution < -0.4 is 10.6 Å². The number of aryl methyl sites for hydroxylation is 1. The molecule has 0 saturated heterocycles. The van der Waals surface area contributed by atoms with E-state index in [9.17, 15) is 9.18 Å². The van der Waals surface area contributed by atoms with E-state index in [1.807, 2.05) is 13.0 Å². The second-order valence-corrected chi connectivity index (χ2v) is 4.13. The van der Waals surface area contributed by atoms with E-state index in [1.54, 1.807) is 6.07 Å². The molecule has 0 unspecified atom stereocenters. The average Bonchev–Trinajstić information content (AvgIpc) is 3.01. The Balaban J connectivity index is 1.90. The second-order valence-electron chi connectivity index (χ2n) is 4.13. The van der Waals surface area contributed by atoms with Gasteiger partial charge in [0.25, 0.3) is 0 Å². The molecule has 1 aromatic carbocycles. The molecular formula is C12H15FN2O. The first-order valence-corrected chi connectivity index (χ1v) is 5.45. The van der Waals surface area contributed by atoms with Gasteiger partial charge in [-0.1, -0.05) is 12.1 Å². The lowest BCUT2D eigenvalue weighted by Gasteiger charge is -2.10. The van der Waals surface area contributed by atoms with E-state index >= 15 is 0 Å². The Morgan fingerprint density at radius 2 is 2.25 bits per heavy atom. The first-order chi connectivity index (χ1) is 7.66. The van der Waals surface area contributed by atoms with Crippen molar-refractivity contribution in [2.75, 3.05) is 11.9 Å². The zero-order valence-electron chi connectivity index (χ0n) is 9.22. The summed E-state index contributed by atoms with van der Waals surface area (Å²) in [6.45, 7) is 1.93. The summed E-state index contributed by atoms with van der Waals surface area (Å²) in [6, 6.07) is 5.19. The minimum absolute atomic E-state index is 0.0786. The fraction of sp³-hybridized carbons (Fsp3) is 0.417. The molecule has 3 nitrogen and oxygen atoms in total. The number of hydrogen-bond acceptors (Lipinski definition) is 2. The van der Waals surface area contributed by atoms with E-state index < -0.39 is 0 Å². The number of anilines is 1. The molecule has 1 aromatic rings. The molecule has 0 atom stereocenters. The summed E-state index contributed by atoms with van der Waals surface area (Å²) in [7, 11) is 0. The number of amides is 1. The molecule has 86 valence electrons. The van der Waals surface area contributed by atoms with Crippen LogP contribution in [0.25, 0.3) is 0 Å². The van der Waals surface area contributed by atoms with Crippen LogP contribution in [-0.2, 0) is 4.79 Å². The molecule has 2 rings (SSSR count). The van der Waals surface area contributed by atoms with Crippen molar-refractivity contribution in [3.63, 3.8) is 0 Å². The SMILES string of the molecule is Cc1cccc(F)c1NCC(=O)NC1CC1. The highest BCUT2D eigenvalue weighted by atomic mass is 19.1. The summed E-state index contributed by atoms with van der Waals surface area (Å²) in [4.78, 5) is 11.4. The van der Waals surface area contributed by atoms with Crippen LogP contribution in [0.4, 0.5) is 10.1 Å². The number of benzene rings is 1. The molecule has 0 radical (unpaired) electrons. The molecule has 0 spiro atoms. The zero-order valence-corrected chi connectivity index (χ0v) is 9.22. The number of nitrogens with one attached hydrogen (secondary N) is 2. The molecule has 16 heavy (non-hydrogen) atoms. The van der Waals surface area contributed by atoms with Gasteiger partial charge in [-0.05, 0) is 31.4 Å². The van der Waals surface area contributed by atoms with Crippen molar-refractivity contribution in [1.82, 2.24) is 5.32 Å². The molecule has 0 aromatic heterocycles. The predicted octanol–water partition coefficient (Wildman–Crippen LogP) is 1.82. The van der Waals surface area contributed by atoms with E-state index in [-0.39, 0.29) is 18.3 Å². The molecule has 1 saturated carbocycles. The molecule has 0 aliphatic heterocycles. The van der Waals surface area contributed by atoms with Crippen LogP contribution >= 0.6 is 0 Å². The van der Waals surface area contributed by atoms with Gasteiger partial charge in [0.05, 0.1) is 12.2 Å². The van der Waals surface area contributed by atoms with Crippen molar-refractivity contribution < 1.29 is 9.18 Å². The maximum absolute atomic E-state index is 13.4. The first-order valence-electron chi connectivity index (χ1n) is 5.45. The summed E-state index contributed by atoms with van der Waals surface area (Å²) in [5, 5.41) is 5.67. The molecule has 1 fully saturated rings. The Bertz CT molecular complexity index is 382. The van der Waals surface area contributed by atoms with Crippen LogP contribution in [0.3, 0.4) is 0 Å². The Morgan fingerprint density at radius 3 is 2.88 bits per heavy atom. The fourth-order valence-corrected chi connectivity index (χ4v) is 1.53. The normalized spacial score (nSPS) is 14.6.